The minimum absolute atomic E-state index is 0.0822. The zero-order valence-corrected chi connectivity index (χ0v) is 16.4. The molecule has 2 amide bonds. The van der Waals surface area contributed by atoms with Gasteiger partial charge in [0.1, 0.15) is 0 Å². The van der Waals surface area contributed by atoms with Crippen LogP contribution in [-0.4, -0.2) is 30.9 Å². The summed E-state index contributed by atoms with van der Waals surface area (Å²) in [5.41, 5.74) is 2.41. The number of hydrogen-bond donors (Lipinski definition) is 1. The minimum Gasteiger partial charge on any atom is -0.455 e. The molecule has 1 unspecified atom stereocenters. The Morgan fingerprint density at radius 1 is 1.22 bits per heavy atom. The third kappa shape index (κ3) is 4.74. The average Bonchev–Trinajstić information content (AvgIpc) is 3.04. The summed E-state index contributed by atoms with van der Waals surface area (Å²) in [6.45, 7) is 1.81. The molecule has 1 aliphatic heterocycles. The van der Waals surface area contributed by atoms with E-state index in [-0.39, 0.29) is 18.9 Å². The summed E-state index contributed by atoms with van der Waals surface area (Å²) in [6.07, 6.45) is 0.0822. The summed E-state index contributed by atoms with van der Waals surface area (Å²) in [5, 5.41) is 2.69. The molecule has 0 spiro atoms. The molecule has 27 heavy (non-hydrogen) atoms. The molecule has 0 radical (unpaired) electrons. The number of carbonyl (C=O) groups excluding carboxylic acids is 3. The quantitative estimate of drug-likeness (QED) is 0.738. The number of hydrogen-bond acceptors (Lipinski definition) is 4. The van der Waals surface area contributed by atoms with E-state index < -0.39 is 24.4 Å². The molecule has 2 aromatic rings. The lowest BCUT2D eigenvalue weighted by atomic mass is 10.1. The smallest absolute Gasteiger partial charge is 0.311 e. The van der Waals surface area contributed by atoms with Crippen molar-refractivity contribution in [2.75, 3.05) is 23.4 Å². The molecular formula is C20H19BrN2O4. The van der Waals surface area contributed by atoms with E-state index in [1.165, 1.54) is 0 Å². The Hall–Kier alpha value is -2.67. The number of amides is 2. The number of benzene rings is 2. The summed E-state index contributed by atoms with van der Waals surface area (Å²) in [5.74, 6) is -1.68. The molecule has 1 aliphatic rings. The normalized spacial score (nSPS) is 16.3. The van der Waals surface area contributed by atoms with Crippen LogP contribution < -0.4 is 10.2 Å². The predicted octanol–water partition coefficient (Wildman–Crippen LogP) is 3.29. The SMILES string of the molecule is Cc1ccc(NC(=O)COC(=O)C2CC(=O)N(c3ccccc3)C2)c(Br)c1. The molecule has 0 bridgehead atoms. The summed E-state index contributed by atoms with van der Waals surface area (Å²) in [6, 6.07) is 14.7. The summed E-state index contributed by atoms with van der Waals surface area (Å²) in [4.78, 5) is 38.0. The van der Waals surface area contributed by atoms with E-state index in [0.717, 1.165) is 15.7 Å². The number of aryl methyl sites for hydroxylation is 1. The predicted molar refractivity (Wildman–Crippen MR) is 105 cm³/mol. The maximum absolute atomic E-state index is 12.2. The third-order valence-corrected chi connectivity index (χ3v) is 4.93. The molecule has 0 aromatic heterocycles. The van der Waals surface area contributed by atoms with Crippen LogP contribution in [0.4, 0.5) is 11.4 Å². The van der Waals surface area contributed by atoms with E-state index in [1.54, 1.807) is 11.0 Å². The van der Waals surface area contributed by atoms with E-state index >= 15 is 0 Å². The first-order valence-electron chi connectivity index (χ1n) is 8.52. The van der Waals surface area contributed by atoms with Crippen LogP contribution in [0, 0.1) is 12.8 Å². The van der Waals surface area contributed by atoms with Crippen molar-refractivity contribution in [3.63, 3.8) is 0 Å². The second kappa shape index (κ2) is 8.35. The Bertz CT molecular complexity index is 870. The molecule has 1 N–H and O–H groups in total. The number of para-hydroxylation sites is 1. The number of anilines is 2. The van der Waals surface area contributed by atoms with Gasteiger partial charge in [0.05, 0.1) is 11.6 Å². The van der Waals surface area contributed by atoms with Crippen molar-refractivity contribution in [2.24, 2.45) is 5.92 Å². The van der Waals surface area contributed by atoms with Crippen molar-refractivity contribution >= 4 is 45.1 Å². The van der Waals surface area contributed by atoms with Crippen molar-refractivity contribution in [3.05, 3.63) is 58.6 Å². The van der Waals surface area contributed by atoms with Crippen LogP contribution in [0.3, 0.4) is 0 Å². The Morgan fingerprint density at radius 2 is 1.96 bits per heavy atom. The topological polar surface area (TPSA) is 75.7 Å². The Kier molecular flexibility index (Phi) is 5.91. The molecule has 1 fully saturated rings. The largest absolute Gasteiger partial charge is 0.455 e. The highest BCUT2D eigenvalue weighted by Crippen LogP contribution is 2.26. The van der Waals surface area contributed by atoms with Gasteiger partial charge < -0.3 is 15.0 Å². The molecule has 7 heteroatoms. The highest BCUT2D eigenvalue weighted by molar-refractivity contribution is 9.10. The molecule has 1 saturated heterocycles. The lowest BCUT2D eigenvalue weighted by Gasteiger charge is -2.16. The monoisotopic (exact) mass is 430 g/mol. The van der Waals surface area contributed by atoms with Gasteiger partial charge in [0, 0.05) is 23.1 Å². The second-order valence-corrected chi connectivity index (χ2v) is 7.23. The molecule has 1 atom stereocenters. The number of nitrogens with zero attached hydrogens (tertiary/aromatic N) is 1. The van der Waals surface area contributed by atoms with Crippen molar-refractivity contribution < 1.29 is 19.1 Å². The van der Waals surface area contributed by atoms with Crippen LogP contribution in [0.5, 0.6) is 0 Å². The molecule has 6 nitrogen and oxygen atoms in total. The van der Waals surface area contributed by atoms with Gasteiger partial charge >= 0.3 is 5.97 Å². The lowest BCUT2D eigenvalue weighted by Crippen LogP contribution is -2.28. The summed E-state index contributed by atoms with van der Waals surface area (Å²) < 4.78 is 5.86. The van der Waals surface area contributed by atoms with Gasteiger partial charge in [0.2, 0.25) is 5.91 Å². The van der Waals surface area contributed by atoms with Gasteiger partial charge in [-0.15, -0.1) is 0 Å². The van der Waals surface area contributed by atoms with Gasteiger partial charge in [0.25, 0.3) is 5.91 Å². The van der Waals surface area contributed by atoms with E-state index in [0.29, 0.717) is 5.69 Å². The molecule has 0 aliphatic carbocycles. The maximum atomic E-state index is 12.2. The van der Waals surface area contributed by atoms with Gasteiger partial charge in [-0.25, -0.2) is 0 Å². The first kappa shape index (κ1) is 19.1. The van der Waals surface area contributed by atoms with Gasteiger partial charge in [-0.1, -0.05) is 24.3 Å². The Morgan fingerprint density at radius 3 is 2.67 bits per heavy atom. The Labute approximate surface area is 165 Å². The fraction of sp³-hybridized carbons (Fsp3) is 0.250. The fourth-order valence-corrected chi connectivity index (χ4v) is 3.48. The van der Waals surface area contributed by atoms with Crippen molar-refractivity contribution in [2.45, 2.75) is 13.3 Å². The standard InChI is InChI=1S/C20H19BrN2O4/c1-13-7-8-17(16(21)9-13)22-18(24)12-27-20(26)14-10-19(25)23(11-14)15-5-3-2-4-6-15/h2-9,14H,10-12H2,1H3,(H,22,24). The molecule has 2 aromatic carbocycles. The maximum Gasteiger partial charge on any atom is 0.311 e. The molecule has 140 valence electrons. The van der Waals surface area contributed by atoms with Crippen LogP contribution in [0.15, 0.2) is 53.0 Å². The number of ether oxygens (including phenoxy) is 1. The summed E-state index contributed by atoms with van der Waals surface area (Å²) >= 11 is 3.38. The van der Waals surface area contributed by atoms with Crippen LogP contribution in [-0.2, 0) is 19.1 Å². The van der Waals surface area contributed by atoms with Crippen LogP contribution in [0.25, 0.3) is 0 Å². The highest BCUT2D eigenvalue weighted by Gasteiger charge is 2.36. The number of carbonyl (C=O) groups is 3. The zero-order valence-electron chi connectivity index (χ0n) is 14.8. The van der Waals surface area contributed by atoms with Crippen molar-refractivity contribution in [1.82, 2.24) is 0 Å². The average molecular weight is 431 g/mol. The minimum atomic E-state index is -0.573. The number of nitrogens with one attached hydrogen (secondary N) is 1. The number of halogens is 1. The van der Waals surface area contributed by atoms with Gasteiger partial charge in [-0.05, 0) is 52.7 Å². The van der Waals surface area contributed by atoms with E-state index in [1.807, 2.05) is 49.4 Å². The molecular weight excluding hydrogens is 412 g/mol. The van der Waals surface area contributed by atoms with Gasteiger partial charge in [-0.3, -0.25) is 14.4 Å². The lowest BCUT2D eigenvalue weighted by molar-refractivity contribution is -0.151. The fourth-order valence-electron chi connectivity index (χ4n) is 2.89. The zero-order chi connectivity index (χ0) is 19.4. The highest BCUT2D eigenvalue weighted by atomic mass is 79.9. The summed E-state index contributed by atoms with van der Waals surface area (Å²) in [7, 11) is 0. The third-order valence-electron chi connectivity index (χ3n) is 4.27. The second-order valence-electron chi connectivity index (χ2n) is 6.38. The van der Waals surface area contributed by atoms with E-state index in [9.17, 15) is 14.4 Å². The molecule has 1 heterocycles. The van der Waals surface area contributed by atoms with Gasteiger partial charge in [0.15, 0.2) is 6.61 Å². The molecule has 0 saturated carbocycles. The number of esters is 1. The Balaban J connectivity index is 1.52. The van der Waals surface area contributed by atoms with Crippen LogP contribution in [0.1, 0.15) is 12.0 Å². The van der Waals surface area contributed by atoms with Crippen molar-refractivity contribution in [3.8, 4) is 0 Å². The molecule has 3 rings (SSSR count). The van der Waals surface area contributed by atoms with E-state index in [4.69, 9.17) is 4.74 Å². The van der Waals surface area contributed by atoms with Crippen LogP contribution in [0.2, 0.25) is 0 Å². The van der Waals surface area contributed by atoms with E-state index in [2.05, 4.69) is 21.2 Å². The first-order valence-corrected chi connectivity index (χ1v) is 9.31. The first-order chi connectivity index (χ1) is 12.9. The van der Waals surface area contributed by atoms with Gasteiger partial charge in [-0.2, -0.15) is 0 Å². The number of rotatable bonds is 5. The van der Waals surface area contributed by atoms with Crippen molar-refractivity contribution in [1.29, 1.82) is 0 Å². The van der Waals surface area contributed by atoms with Crippen LogP contribution >= 0.6 is 15.9 Å².